The van der Waals surface area contributed by atoms with Crippen LogP contribution in [-0.2, 0) is 4.79 Å². The summed E-state index contributed by atoms with van der Waals surface area (Å²) in [7, 11) is 0. The van der Waals surface area contributed by atoms with Crippen molar-refractivity contribution in [3.8, 4) is 5.75 Å². The summed E-state index contributed by atoms with van der Waals surface area (Å²) in [5.41, 5.74) is 1.33. The minimum atomic E-state index is -0.600. The van der Waals surface area contributed by atoms with Crippen molar-refractivity contribution in [2.24, 2.45) is 0 Å². The molecule has 0 radical (unpaired) electrons. The molecular weight excluding hydrogens is 316 g/mol. The van der Waals surface area contributed by atoms with Gasteiger partial charge in [-0.25, -0.2) is 4.79 Å². The largest absolute Gasteiger partial charge is 0.417 e. The minimum Gasteiger partial charge on any atom is -0.410 e. The van der Waals surface area contributed by atoms with E-state index < -0.39 is 6.09 Å². The van der Waals surface area contributed by atoms with Crippen molar-refractivity contribution in [1.82, 2.24) is 0 Å². The number of hydrogen-bond donors (Lipinski definition) is 1. The van der Waals surface area contributed by atoms with Gasteiger partial charge in [0.25, 0.3) is 0 Å². The van der Waals surface area contributed by atoms with Gasteiger partial charge in [0, 0.05) is 35.4 Å². The average Bonchev–Trinajstić information content (AvgIpc) is 2.96. The maximum atomic E-state index is 11.9. The van der Waals surface area contributed by atoms with Crippen molar-refractivity contribution in [1.29, 1.82) is 0 Å². The molecular formula is C17H15ClN2O3. The number of nitrogens with zero attached hydrogens (tertiary/aromatic N) is 1. The lowest BCUT2D eigenvalue weighted by atomic mass is 10.3. The van der Waals surface area contributed by atoms with Gasteiger partial charge in [-0.1, -0.05) is 17.7 Å². The molecule has 0 saturated carbocycles. The first-order chi connectivity index (χ1) is 11.1. The van der Waals surface area contributed by atoms with E-state index in [2.05, 4.69) is 5.32 Å². The van der Waals surface area contributed by atoms with Crippen LogP contribution in [0.5, 0.6) is 5.75 Å². The highest BCUT2D eigenvalue weighted by Crippen LogP contribution is 2.25. The highest BCUT2D eigenvalue weighted by Gasteiger charge is 2.22. The number of anilines is 2. The van der Waals surface area contributed by atoms with Crippen LogP contribution in [0.3, 0.4) is 0 Å². The number of amides is 2. The number of nitrogens with one attached hydrogen (secondary N) is 1. The van der Waals surface area contributed by atoms with Gasteiger partial charge < -0.3 is 9.64 Å². The van der Waals surface area contributed by atoms with E-state index in [-0.39, 0.29) is 5.91 Å². The normalized spacial score (nSPS) is 14.0. The third-order valence-corrected chi connectivity index (χ3v) is 3.76. The average molecular weight is 331 g/mol. The number of carbonyl (C=O) groups is 2. The van der Waals surface area contributed by atoms with E-state index in [9.17, 15) is 9.59 Å². The SMILES string of the molecule is O=C(Nc1ccc(Cl)cc1)Oc1cccc(N2CCCC2=O)c1. The first-order valence-corrected chi connectivity index (χ1v) is 7.64. The molecule has 0 atom stereocenters. The zero-order valence-electron chi connectivity index (χ0n) is 12.3. The Bertz CT molecular complexity index is 731. The quantitative estimate of drug-likeness (QED) is 0.922. The fraction of sp³-hybridized carbons (Fsp3) is 0.176. The number of halogens is 1. The van der Waals surface area contributed by atoms with Gasteiger partial charge in [-0.2, -0.15) is 0 Å². The van der Waals surface area contributed by atoms with Crippen molar-refractivity contribution in [3.63, 3.8) is 0 Å². The first kappa shape index (κ1) is 15.4. The molecule has 0 aromatic heterocycles. The fourth-order valence-corrected chi connectivity index (χ4v) is 2.55. The third kappa shape index (κ3) is 3.81. The molecule has 0 spiro atoms. The molecule has 1 aliphatic rings. The molecule has 5 nitrogen and oxygen atoms in total. The summed E-state index contributed by atoms with van der Waals surface area (Å²) >= 11 is 5.79. The first-order valence-electron chi connectivity index (χ1n) is 7.27. The van der Waals surface area contributed by atoms with Crippen LogP contribution in [0.1, 0.15) is 12.8 Å². The number of benzene rings is 2. The number of ether oxygens (including phenoxy) is 1. The van der Waals surface area contributed by atoms with Crippen molar-refractivity contribution in [2.45, 2.75) is 12.8 Å². The van der Waals surface area contributed by atoms with Crippen LogP contribution in [0.25, 0.3) is 0 Å². The van der Waals surface area contributed by atoms with E-state index in [0.717, 1.165) is 12.1 Å². The number of hydrogen-bond acceptors (Lipinski definition) is 3. The van der Waals surface area contributed by atoms with Crippen molar-refractivity contribution in [2.75, 3.05) is 16.8 Å². The molecule has 1 aliphatic heterocycles. The summed E-state index contributed by atoms with van der Waals surface area (Å²) in [6, 6.07) is 13.7. The summed E-state index contributed by atoms with van der Waals surface area (Å²) in [4.78, 5) is 25.4. The van der Waals surface area contributed by atoms with Gasteiger partial charge in [-0.15, -0.1) is 0 Å². The second-order valence-corrected chi connectivity index (χ2v) is 5.60. The van der Waals surface area contributed by atoms with E-state index in [1.807, 2.05) is 6.07 Å². The summed E-state index contributed by atoms with van der Waals surface area (Å²) in [6.45, 7) is 0.694. The molecule has 0 unspecified atom stereocenters. The van der Waals surface area contributed by atoms with E-state index in [1.165, 1.54) is 0 Å². The van der Waals surface area contributed by atoms with E-state index >= 15 is 0 Å². The smallest absolute Gasteiger partial charge is 0.410 e. The van der Waals surface area contributed by atoms with Crippen LogP contribution in [-0.4, -0.2) is 18.5 Å². The Balaban J connectivity index is 1.66. The van der Waals surface area contributed by atoms with E-state index in [1.54, 1.807) is 47.4 Å². The molecule has 2 amide bonds. The fourth-order valence-electron chi connectivity index (χ4n) is 2.42. The summed E-state index contributed by atoms with van der Waals surface area (Å²) in [6.07, 6.45) is 0.806. The highest BCUT2D eigenvalue weighted by atomic mass is 35.5. The van der Waals surface area contributed by atoms with E-state index in [4.69, 9.17) is 16.3 Å². The topological polar surface area (TPSA) is 58.6 Å². The molecule has 1 fully saturated rings. The number of rotatable bonds is 3. The monoisotopic (exact) mass is 330 g/mol. The summed E-state index contributed by atoms with van der Waals surface area (Å²) in [5.74, 6) is 0.474. The van der Waals surface area contributed by atoms with Gasteiger partial charge in [0.2, 0.25) is 5.91 Å². The van der Waals surface area contributed by atoms with Crippen LogP contribution in [0, 0.1) is 0 Å². The minimum absolute atomic E-state index is 0.0905. The molecule has 6 heteroatoms. The molecule has 1 heterocycles. The molecule has 3 rings (SSSR count). The molecule has 2 aromatic carbocycles. The molecule has 1 N–H and O–H groups in total. The lowest BCUT2D eigenvalue weighted by Crippen LogP contribution is -2.23. The predicted octanol–water partition coefficient (Wildman–Crippen LogP) is 4.08. The molecule has 118 valence electrons. The van der Waals surface area contributed by atoms with Gasteiger partial charge in [0.05, 0.1) is 0 Å². The summed E-state index contributed by atoms with van der Waals surface area (Å²) in [5, 5.41) is 3.20. The highest BCUT2D eigenvalue weighted by molar-refractivity contribution is 6.30. The van der Waals surface area contributed by atoms with Crippen LogP contribution < -0.4 is 15.0 Å². The van der Waals surface area contributed by atoms with Crippen LogP contribution in [0.2, 0.25) is 5.02 Å². The lowest BCUT2D eigenvalue weighted by Gasteiger charge is -2.16. The number of carbonyl (C=O) groups excluding carboxylic acids is 2. The lowest BCUT2D eigenvalue weighted by molar-refractivity contribution is -0.117. The molecule has 23 heavy (non-hydrogen) atoms. The van der Waals surface area contributed by atoms with Crippen molar-refractivity contribution >= 4 is 35.0 Å². The van der Waals surface area contributed by atoms with Gasteiger partial charge in [0.15, 0.2) is 0 Å². The Hall–Kier alpha value is -2.53. The second kappa shape index (κ2) is 6.71. The van der Waals surface area contributed by atoms with Gasteiger partial charge in [-0.05, 0) is 42.8 Å². The Labute approximate surface area is 138 Å². The van der Waals surface area contributed by atoms with Gasteiger partial charge in [0.1, 0.15) is 5.75 Å². The van der Waals surface area contributed by atoms with Crippen molar-refractivity contribution < 1.29 is 14.3 Å². The van der Waals surface area contributed by atoms with Crippen LogP contribution in [0.4, 0.5) is 16.2 Å². The van der Waals surface area contributed by atoms with Crippen LogP contribution in [0.15, 0.2) is 48.5 Å². The zero-order valence-corrected chi connectivity index (χ0v) is 13.0. The van der Waals surface area contributed by atoms with E-state index in [0.29, 0.717) is 29.4 Å². The Morgan fingerprint density at radius 3 is 2.65 bits per heavy atom. The van der Waals surface area contributed by atoms with Crippen LogP contribution >= 0.6 is 11.6 Å². The molecule has 0 aliphatic carbocycles. The maximum absolute atomic E-state index is 11.9. The Morgan fingerprint density at radius 2 is 1.96 bits per heavy atom. The third-order valence-electron chi connectivity index (χ3n) is 3.50. The molecule has 0 bridgehead atoms. The van der Waals surface area contributed by atoms with Gasteiger partial charge in [-0.3, -0.25) is 10.1 Å². The second-order valence-electron chi connectivity index (χ2n) is 5.17. The molecule has 2 aromatic rings. The Kier molecular flexibility index (Phi) is 4.48. The van der Waals surface area contributed by atoms with Gasteiger partial charge >= 0.3 is 6.09 Å². The van der Waals surface area contributed by atoms with Crippen molar-refractivity contribution in [3.05, 3.63) is 53.6 Å². The predicted molar refractivity (Wildman–Crippen MR) is 89.1 cm³/mol. The molecule has 1 saturated heterocycles. The summed E-state index contributed by atoms with van der Waals surface area (Å²) < 4.78 is 5.26. The standard InChI is InChI=1S/C17H15ClN2O3/c18-12-6-8-13(9-7-12)19-17(22)23-15-4-1-3-14(11-15)20-10-2-5-16(20)21/h1,3-4,6-9,11H,2,5,10H2,(H,19,22). The maximum Gasteiger partial charge on any atom is 0.417 e. The zero-order chi connectivity index (χ0) is 16.2. The Morgan fingerprint density at radius 1 is 1.17 bits per heavy atom.